The van der Waals surface area contributed by atoms with E-state index in [1.807, 2.05) is 14.0 Å². The third-order valence-electron chi connectivity index (χ3n) is 9.16. The largest absolute Gasteiger partial charge is 0.444 e. The molecule has 1 heterocycles. The average Bonchev–Trinajstić information content (AvgIpc) is 3.02. The van der Waals surface area contributed by atoms with Gasteiger partial charge in [0.05, 0.1) is 5.69 Å². The van der Waals surface area contributed by atoms with E-state index < -0.39 is 65.4 Å². The number of carbonyl (C=O) groups is 4. The molecule has 0 spiro atoms. The molecular formula is C34H50F3N5O6. The molecule has 2 fully saturated rings. The number of carbonyl (C=O) groups excluding carboxylic acids is 4. The fraction of sp³-hybridized carbons (Fsp3) is 0.647. The van der Waals surface area contributed by atoms with Crippen molar-refractivity contribution in [2.24, 2.45) is 5.92 Å². The first kappa shape index (κ1) is 38.8. The highest BCUT2D eigenvalue weighted by molar-refractivity contribution is 5.97. The molecular weight excluding hydrogens is 631 g/mol. The fourth-order valence-electron chi connectivity index (χ4n) is 5.89. The number of nitrogens with one attached hydrogen (secondary N) is 3. The second-order valence-electron chi connectivity index (χ2n) is 13.8. The Kier molecular flexibility index (Phi) is 13.5. The normalized spacial score (nSPS) is 21.4. The summed E-state index contributed by atoms with van der Waals surface area (Å²) in [7, 11) is 3.36. The van der Waals surface area contributed by atoms with Crippen molar-refractivity contribution in [1.29, 1.82) is 0 Å². The van der Waals surface area contributed by atoms with E-state index in [1.54, 1.807) is 45.6 Å². The summed E-state index contributed by atoms with van der Waals surface area (Å²) in [4.78, 5) is 56.6. The number of methoxy groups -OCH3 is 1. The van der Waals surface area contributed by atoms with Crippen LogP contribution in [-0.4, -0.2) is 97.2 Å². The third-order valence-corrected chi connectivity index (χ3v) is 9.16. The number of benzene rings is 1. The van der Waals surface area contributed by atoms with E-state index in [2.05, 4.69) is 20.9 Å². The average molecular weight is 682 g/mol. The number of likely N-dealkylation sites (N-methyl/N-ethyl adjacent to an activating group) is 1. The van der Waals surface area contributed by atoms with Crippen molar-refractivity contribution in [2.75, 3.05) is 39.1 Å². The lowest BCUT2D eigenvalue weighted by Gasteiger charge is -2.40. The standard InChI is InChI=1S/C34H50F3N5O6/c1-19-18-42(16-15-41(19)7)32(45)27(39-30(43)21(3)47-8)20(2)24-13-14-26(25(35)17-24)38-31(44)28(40-33(46)48-34(4,5)6)22-9-11-23(12-10-22)29(36)37/h13-14,17,19-22,27-28H,9-12,15-16,18H2,1-8H3,(H,38,44)(H,39,43)(H,40,46)/t19-,20+,21+,27-,28+/m1/s1. The number of anilines is 1. The summed E-state index contributed by atoms with van der Waals surface area (Å²) in [5.74, 6) is -3.47. The van der Waals surface area contributed by atoms with Gasteiger partial charge in [-0.2, -0.15) is 8.78 Å². The van der Waals surface area contributed by atoms with Gasteiger partial charge in [0.15, 0.2) is 0 Å². The van der Waals surface area contributed by atoms with Crippen LogP contribution in [0.3, 0.4) is 0 Å². The van der Waals surface area contributed by atoms with E-state index >= 15 is 4.39 Å². The molecule has 14 heteroatoms. The number of hydrogen-bond donors (Lipinski definition) is 3. The van der Waals surface area contributed by atoms with Crippen LogP contribution in [-0.2, 0) is 23.9 Å². The maximum absolute atomic E-state index is 15.6. The van der Waals surface area contributed by atoms with Gasteiger partial charge in [0.25, 0.3) is 6.08 Å². The molecule has 0 unspecified atom stereocenters. The number of amides is 4. The first-order valence-corrected chi connectivity index (χ1v) is 16.4. The molecule has 3 rings (SSSR count). The molecule has 1 aromatic rings. The summed E-state index contributed by atoms with van der Waals surface area (Å²) in [6.07, 6.45) is -2.84. The van der Waals surface area contributed by atoms with Crippen molar-refractivity contribution in [3.8, 4) is 0 Å². The fourth-order valence-corrected chi connectivity index (χ4v) is 5.89. The zero-order valence-electron chi connectivity index (χ0n) is 29.1. The summed E-state index contributed by atoms with van der Waals surface area (Å²) in [6.45, 7) is 11.9. The lowest BCUT2D eigenvalue weighted by Crippen LogP contribution is -2.58. The number of nitrogens with zero attached hydrogens (tertiary/aromatic N) is 2. The summed E-state index contributed by atoms with van der Waals surface area (Å²) in [5.41, 5.74) is -0.609. The van der Waals surface area contributed by atoms with E-state index in [4.69, 9.17) is 9.47 Å². The Morgan fingerprint density at radius 3 is 2.19 bits per heavy atom. The molecule has 0 radical (unpaired) electrons. The Hall–Kier alpha value is -3.65. The monoisotopic (exact) mass is 681 g/mol. The highest BCUT2D eigenvalue weighted by atomic mass is 19.3. The SMILES string of the molecule is CO[C@@H](C)C(=O)N[C@@H](C(=O)N1CCN(C)[C@H](C)C1)[C@@H](C)c1ccc(NC(=O)[C@@H](NC(=O)OC(C)(C)C)C2CCC(=C(F)F)CC2)c(F)c1. The number of hydrogen-bond acceptors (Lipinski definition) is 7. The molecule has 1 saturated carbocycles. The molecule has 11 nitrogen and oxygen atoms in total. The maximum atomic E-state index is 15.6. The number of rotatable bonds is 10. The van der Waals surface area contributed by atoms with E-state index in [0.29, 0.717) is 25.2 Å². The van der Waals surface area contributed by atoms with Gasteiger partial charge in [0, 0.05) is 38.7 Å². The van der Waals surface area contributed by atoms with Gasteiger partial charge in [-0.3, -0.25) is 14.4 Å². The third kappa shape index (κ3) is 10.4. The minimum absolute atomic E-state index is 0.0187. The predicted molar refractivity (Wildman–Crippen MR) is 175 cm³/mol. The minimum atomic E-state index is -1.74. The predicted octanol–water partition coefficient (Wildman–Crippen LogP) is 4.78. The molecule has 48 heavy (non-hydrogen) atoms. The number of halogens is 3. The van der Waals surface area contributed by atoms with Crippen LogP contribution in [0.4, 0.5) is 23.7 Å². The molecule has 268 valence electrons. The summed E-state index contributed by atoms with van der Waals surface area (Å²) in [6, 6.07) is 2.01. The maximum Gasteiger partial charge on any atom is 0.408 e. The van der Waals surface area contributed by atoms with Crippen LogP contribution >= 0.6 is 0 Å². The lowest BCUT2D eigenvalue weighted by atomic mass is 9.81. The quantitative estimate of drug-likeness (QED) is 0.324. The molecule has 5 atom stereocenters. The molecule has 0 bridgehead atoms. The molecule has 2 aliphatic rings. The van der Waals surface area contributed by atoms with E-state index in [0.717, 1.165) is 0 Å². The van der Waals surface area contributed by atoms with Crippen LogP contribution < -0.4 is 16.0 Å². The topological polar surface area (TPSA) is 129 Å². The zero-order chi connectivity index (χ0) is 35.9. The van der Waals surface area contributed by atoms with Gasteiger partial charge in [-0.05, 0) is 96.5 Å². The van der Waals surface area contributed by atoms with Crippen molar-refractivity contribution in [2.45, 2.75) is 103 Å². The zero-order valence-corrected chi connectivity index (χ0v) is 29.1. The van der Waals surface area contributed by atoms with E-state index in [1.165, 1.54) is 19.2 Å². The Morgan fingerprint density at radius 1 is 1.00 bits per heavy atom. The molecule has 1 aliphatic heterocycles. The van der Waals surface area contributed by atoms with Gasteiger partial charge in [-0.15, -0.1) is 0 Å². The molecule has 0 aromatic heterocycles. The number of allylic oxidation sites excluding steroid dienone is 1. The highest BCUT2D eigenvalue weighted by Gasteiger charge is 2.37. The lowest BCUT2D eigenvalue weighted by molar-refractivity contribution is -0.141. The second kappa shape index (κ2) is 16.6. The highest BCUT2D eigenvalue weighted by Crippen LogP contribution is 2.34. The van der Waals surface area contributed by atoms with Gasteiger partial charge < -0.3 is 35.2 Å². The van der Waals surface area contributed by atoms with Gasteiger partial charge in [-0.1, -0.05) is 13.0 Å². The number of ether oxygens (including phenoxy) is 2. The molecule has 1 saturated heterocycles. The van der Waals surface area contributed by atoms with Crippen molar-refractivity contribution >= 4 is 29.5 Å². The first-order valence-electron chi connectivity index (χ1n) is 16.4. The van der Waals surface area contributed by atoms with Crippen LogP contribution in [0.25, 0.3) is 0 Å². The minimum Gasteiger partial charge on any atom is -0.444 e. The number of alkyl carbamates (subject to hydrolysis) is 1. The Labute approximate surface area is 280 Å². The van der Waals surface area contributed by atoms with Crippen molar-refractivity contribution in [3.63, 3.8) is 0 Å². The smallest absolute Gasteiger partial charge is 0.408 e. The van der Waals surface area contributed by atoms with Crippen molar-refractivity contribution < 1.29 is 41.8 Å². The van der Waals surface area contributed by atoms with E-state index in [9.17, 15) is 28.0 Å². The summed E-state index contributed by atoms with van der Waals surface area (Å²) in [5, 5.41) is 7.88. The first-order chi connectivity index (χ1) is 22.4. The van der Waals surface area contributed by atoms with Crippen LogP contribution in [0, 0.1) is 11.7 Å². The van der Waals surface area contributed by atoms with Gasteiger partial charge in [0.2, 0.25) is 17.7 Å². The Bertz CT molecular complexity index is 1350. The van der Waals surface area contributed by atoms with Crippen molar-refractivity contribution in [3.05, 3.63) is 41.2 Å². The molecule has 4 amide bonds. The molecule has 1 aliphatic carbocycles. The summed E-state index contributed by atoms with van der Waals surface area (Å²) >= 11 is 0. The Balaban J connectivity index is 1.83. The molecule has 3 N–H and O–H groups in total. The van der Waals surface area contributed by atoms with Crippen LogP contribution in [0.15, 0.2) is 29.9 Å². The van der Waals surface area contributed by atoms with Gasteiger partial charge >= 0.3 is 6.09 Å². The summed E-state index contributed by atoms with van der Waals surface area (Å²) < 4.78 is 52.5. The van der Waals surface area contributed by atoms with Gasteiger partial charge in [0.1, 0.15) is 29.6 Å². The van der Waals surface area contributed by atoms with E-state index in [-0.39, 0.29) is 48.9 Å². The van der Waals surface area contributed by atoms with Crippen LogP contribution in [0.2, 0.25) is 0 Å². The Morgan fingerprint density at radius 2 is 1.65 bits per heavy atom. The molecule has 1 aromatic carbocycles. The van der Waals surface area contributed by atoms with Crippen LogP contribution in [0.5, 0.6) is 0 Å². The number of piperazine rings is 1. The van der Waals surface area contributed by atoms with Crippen LogP contribution in [0.1, 0.15) is 78.7 Å². The van der Waals surface area contributed by atoms with Gasteiger partial charge in [-0.25, -0.2) is 9.18 Å². The van der Waals surface area contributed by atoms with Crippen molar-refractivity contribution in [1.82, 2.24) is 20.4 Å². The second-order valence-corrected chi connectivity index (χ2v) is 13.8.